The molecule has 0 amide bonds. The Hall–Kier alpha value is -10.5. The number of pyridine rings is 4. The van der Waals surface area contributed by atoms with Gasteiger partial charge in [-0.1, -0.05) is 45.8 Å². The molecule has 0 radical (unpaired) electrons. The molecule has 28 heteroatoms. The van der Waals surface area contributed by atoms with E-state index in [2.05, 4.69) is 50.5 Å². The van der Waals surface area contributed by atoms with Crippen LogP contribution in [0.2, 0.25) is 10.0 Å². The zero-order chi connectivity index (χ0) is 68.1. The number of aromatic nitrogens is 14. The van der Waals surface area contributed by atoms with Crippen molar-refractivity contribution in [3.63, 3.8) is 0 Å². The van der Waals surface area contributed by atoms with E-state index in [9.17, 15) is 19.8 Å². The van der Waals surface area contributed by atoms with Gasteiger partial charge in [0.25, 0.3) is 0 Å². The molecule has 500 valence electrons. The van der Waals surface area contributed by atoms with Crippen LogP contribution in [0, 0.1) is 23.3 Å². The summed E-state index contributed by atoms with van der Waals surface area (Å²) in [5.74, 6) is -2.38. The fourth-order valence-electron chi connectivity index (χ4n) is 12.0. The van der Waals surface area contributed by atoms with Gasteiger partial charge in [0, 0.05) is 99.1 Å². The van der Waals surface area contributed by atoms with E-state index in [0.29, 0.717) is 92.8 Å². The van der Waals surface area contributed by atoms with Gasteiger partial charge in [-0.2, -0.15) is 9.36 Å². The largest absolute Gasteiger partial charge is 0.478 e. The van der Waals surface area contributed by atoms with Crippen LogP contribution in [0.1, 0.15) is 103 Å². The van der Waals surface area contributed by atoms with Crippen LogP contribution in [0.5, 0.6) is 11.8 Å². The Bertz CT molecular complexity index is 4710. The van der Waals surface area contributed by atoms with Gasteiger partial charge in [0.1, 0.15) is 48.1 Å². The van der Waals surface area contributed by atoms with Crippen molar-refractivity contribution in [2.24, 2.45) is 0 Å². The van der Waals surface area contributed by atoms with Gasteiger partial charge in [0.15, 0.2) is 11.6 Å². The second kappa shape index (κ2) is 29.0. The second-order valence-electron chi connectivity index (χ2n) is 23.3. The van der Waals surface area contributed by atoms with E-state index in [0.717, 1.165) is 98.4 Å². The summed E-state index contributed by atoms with van der Waals surface area (Å²) in [6.45, 7) is 1.42. The van der Waals surface area contributed by atoms with E-state index in [1.165, 1.54) is 24.3 Å². The molecule has 12 aromatic rings. The third-order valence-corrected chi connectivity index (χ3v) is 17.7. The highest BCUT2D eigenvalue weighted by molar-refractivity contribution is 6.31. The summed E-state index contributed by atoms with van der Waals surface area (Å²) >= 11 is 13.2. The summed E-state index contributed by atoms with van der Waals surface area (Å²) in [6, 6.07) is 26.6. The number of carboxylic acids is 2. The Morgan fingerprint density at radius 2 is 0.939 bits per heavy atom. The first kappa shape index (κ1) is 66.1. The maximum absolute atomic E-state index is 15.6. The molecule has 2 aliphatic carbocycles. The number of halogens is 6. The Morgan fingerprint density at radius 3 is 1.35 bits per heavy atom. The molecule has 2 aliphatic rings. The van der Waals surface area contributed by atoms with E-state index >= 15 is 17.6 Å². The molecule has 0 saturated carbocycles. The summed E-state index contributed by atoms with van der Waals surface area (Å²) in [6.07, 6.45) is 11.1. The van der Waals surface area contributed by atoms with Crippen molar-refractivity contribution >= 4 is 57.2 Å². The Labute approximate surface area is 566 Å². The van der Waals surface area contributed by atoms with E-state index in [4.69, 9.17) is 42.1 Å². The fourth-order valence-corrected chi connectivity index (χ4v) is 12.4. The number of aryl methyl sites for hydroxylation is 2. The van der Waals surface area contributed by atoms with E-state index in [1.54, 1.807) is 106 Å². The first-order valence-electron chi connectivity index (χ1n) is 31.3. The van der Waals surface area contributed by atoms with Gasteiger partial charge in [-0.3, -0.25) is 0 Å². The fraction of sp³-hybridized carbons (Fsp3) is 0.257. The predicted molar refractivity (Wildman–Crippen MR) is 352 cm³/mol. The minimum Gasteiger partial charge on any atom is -0.478 e. The summed E-state index contributed by atoms with van der Waals surface area (Å²) < 4.78 is 91.4. The van der Waals surface area contributed by atoms with Gasteiger partial charge in [0.2, 0.25) is 11.8 Å². The number of methoxy groups -OCH3 is 2. The Kier molecular flexibility index (Phi) is 19.6. The van der Waals surface area contributed by atoms with Gasteiger partial charge in [-0.25, -0.2) is 57.1 Å². The van der Waals surface area contributed by atoms with Crippen LogP contribution >= 0.6 is 23.2 Å². The van der Waals surface area contributed by atoms with Crippen LogP contribution < -0.4 is 9.47 Å². The number of carbonyl (C=O) groups is 2. The molecule has 0 atom stereocenters. The van der Waals surface area contributed by atoms with Gasteiger partial charge in [-0.15, -0.1) is 10.2 Å². The Balaban J connectivity index is 0.000000176. The van der Waals surface area contributed by atoms with Gasteiger partial charge >= 0.3 is 11.9 Å². The number of nitrogens with zero attached hydrogens (tertiary/aromatic N) is 14. The zero-order valence-corrected chi connectivity index (χ0v) is 54.2. The summed E-state index contributed by atoms with van der Waals surface area (Å²) in [5, 5.41) is 36.8. The quantitative estimate of drug-likeness (QED) is 0.0598. The third-order valence-electron chi connectivity index (χ3n) is 17.0. The molecular weight excluding hydrogens is 1310 g/mol. The number of hydrogen-bond acceptors (Lipinski definition) is 16. The number of rotatable bonds is 22. The monoisotopic (exact) mass is 1370 g/mol. The summed E-state index contributed by atoms with van der Waals surface area (Å²) in [4.78, 5) is 50.1. The highest BCUT2D eigenvalue weighted by Gasteiger charge is 2.25. The van der Waals surface area contributed by atoms with E-state index < -0.39 is 35.2 Å². The molecule has 0 fully saturated rings. The van der Waals surface area contributed by atoms with Crippen molar-refractivity contribution in [2.45, 2.75) is 90.5 Å². The van der Waals surface area contributed by atoms with Gasteiger partial charge in [0.05, 0.1) is 90.6 Å². The first-order valence-corrected chi connectivity index (χ1v) is 32.1. The Morgan fingerprint density at radius 1 is 0.510 bits per heavy atom. The number of fused-ring (bicyclic) bond motifs is 4. The van der Waals surface area contributed by atoms with Crippen molar-refractivity contribution in [3.05, 3.63) is 223 Å². The number of imidazole rings is 2. The molecule has 0 unspecified atom stereocenters. The van der Waals surface area contributed by atoms with Crippen molar-refractivity contribution in [3.8, 4) is 45.9 Å². The number of benzene rings is 4. The number of ether oxygens (including phenoxy) is 4. The molecule has 0 aliphatic heterocycles. The predicted octanol–water partition coefficient (Wildman–Crippen LogP) is 12.8. The minimum atomic E-state index is -1.08. The summed E-state index contributed by atoms with van der Waals surface area (Å²) in [5.41, 5.74) is 8.16. The average Bonchev–Trinajstić information content (AvgIpc) is 1.60. The average molecular weight is 1370 g/mol. The molecule has 0 bridgehead atoms. The van der Waals surface area contributed by atoms with E-state index in [-0.39, 0.29) is 82.6 Å². The lowest BCUT2D eigenvalue weighted by Gasteiger charge is -2.13. The maximum Gasteiger partial charge on any atom is 0.335 e. The van der Waals surface area contributed by atoms with Crippen molar-refractivity contribution in [1.82, 2.24) is 69.0 Å². The first-order chi connectivity index (χ1) is 47.6. The second-order valence-corrected chi connectivity index (χ2v) is 24.1. The van der Waals surface area contributed by atoms with Crippen LogP contribution in [0.15, 0.2) is 122 Å². The van der Waals surface area contributed by atoms with Crippen LogP contribution in [0.3, 0.4) is 0 Å². The molecule has 98 heavy (non-hydrogen) atoms. The van der Waals surface area contributed by atoms with Crippen molar-refractivity contribution < 1.29 is 56.3 Å². The van der Waals surface area contributed by atoms with Crippen molar-refractivity contribution in [2.75, 3.05) is 27.4 Å². The van der Waals surface area contributed by atoms with E-state index in [1.807, 2.05) is 0 Å². The third kappa shape index (κ3) is 14.2. The molecule has 0 saturated heterocycles. The minimum absolute atomic E-state index is 0.0343. The highest BCUT2D eigenvalue weighted by atomic mass is 35.5. The lowest BCUT2D eigenvalue weighted by molar-refractivity contribution is 0.0686. The van der Waals surface area contributed by atoms with Crippen molar-refractivity contribution in [1.29, 1.82) is 0 Å². The SMILES string of the molecule is COCCn1c(Cc2cc(F)c(-c3cccc(OCc4cnc(-n5nnc6c5CCCC6)cc4Cl)n3)cc2F)nc2ccc(C(=O)O)cc21.COCCn1c(Cc2cc(F)c(-c3cccc(OCc4cnc(-n5nnc6c5CCCC6)cc4Cl)n3)cc2F)nc2ccc(C(=O)O)cc21. The smallest absolute Gasteiger partial charge is 0.335 e. The zero-order valence-electron chi connectivity index (χ0n) is 52.7. The standard InChI is InChI=1S/2C35H30ClF2N7O4/c2*1-48-12-11-44-31-14-20(35(46)47)9-10-28(31)40-33(44)15-21-13-26(38)23(16-25(21)37)27-6-4-8-34(41-27)49-19-22-18-39-32(17-24(22)36)45-30-7-3-2-5-29(30)42-43-45/h2*4,6,8-10,13-14,16-18H,2-3,5,7,11-12,15,19H2,1H3,(H,46,47). The molecule has 0 spiro atoms. The molecule has 8 heterocycles. The molecule has 2 N–H and O–H groups in total. The molecular formula is C70H60Cl2F4N14O8. The van der Waals surface area contributed by atoms with Gasteiger partial charge < -0.3 is 38.3 Å². The number of hydrogen-bond donors (Lipinski definition) is 2. The number of carboxylic acid groups (broad SMARTS) is 2. The maximum atomic E-state index is 15.6. The number of aromatic carboxylic acids is 2. The van der Waals surface area contributed by atoms with Crippen LogP contribution in [0.4, 0.5) is 17.6 Å². The lowest BCUT2D eigenvalue weighted by Crippen LogP contribution is -2.10. The molecule has 14 rings (SSSR count). The van der Waals surface area contributed by atoms with Crippen LogP contribution in [0.25, 0.3) is 56.2 Å². The van der Waals surface area contributed by atoms with Gasteiger partial charge in [-0.05, 0) is 135 Å². The summed E-state index contributed by atoms with van der Waals surface area (Å²) in [7, 11) is 3.08. The van der Waals surface area contributed by atoms with Crippen LogP contribution in [-0.4, -0.2) is 119 Å². The molecule has 4 aromatic carbocycles. The molecule has 22 nitrogen and oxygen atoms in total. The molecule has 8 aromatic heterocycles. The topological polar surface area (TPSA) is 260 Å². The van der Waals surface area contributed by atoms with Crippen LogP contribution in [-0.2, 0) is 74.3 Å². The normalized spacial score (nSPS) is 12.7. The lowest BCUT2D eigenvalue weighted by atomic mass is 10.0. The highest BCUT2D eigenvalue weighted by Crippen LogP contribution is 2.33.